The number of benzene rings is 11. The van der Waals surface area contributed by atoms with Gasteiger partial charge in [-0.3, -0.25) is 0 Å². The number of para-hydroxylation sites is 6. The van der Waals surface area contributed by atoms with Crippen molar-refractivity contribution in [1.29, 1.82) is 0 Å². The number of anilines is 6. The van der Waals surface area contributed by atoms with Crippen molar-refractivity contribution in [2.24, 2.45) is 0 Å². The Morgan fingerprint density at radius 3 is 1.58 bits per heavy atom. The topological polar surface area (TPSA) is 32.8 Å². The molecule has 0 amide bonds. The molecule has 0 saturated carbocycles. The summed E-state index contributed by atoms with van der Waals surface area (Å²) in [5.74, 6) is 0. The molecule has 0 aliphatic heterocycles. The molecule has 0 unspecified atom stereocenters. The van der Waals surface area contributed by atoms with Gasteiger partial charge in [0, 0.05) is 60.5 Å². The first-order chi connectivity index (χ1) is 37.2. The molecule has 4 nitrogen and oxygen atoms in total. The summed E-state index contributed by atoms with van der Waals surface area (Å²) in [5.41, 5.74) is 17.1. The smallest absolute Gasteiger partial charge is 0.159 e. The molecule has 0 radical (unpaired) electrons. The molecule has 374 valence electrons. The van der Waals surface area contributed by atoms with Crippen LogP contribution in [0, 0.1) is 0 Å². The van der Waals surface area contributed by atoms with Gasteiger partial charge >= 0.3 is 0 Å². The summed E-state index contributed by atoms with van der Waals surface area (Å²) in [4.78, 5) is 4.86. The van der Waals surface area contributed by atoms with Gasteiger partial charge in [-0.2, -0.15) is 0 Å². The average Bonchev–Trinajstić information content (AvgIpc) is 4.26. The SMILES string of the molecule is CC1(C)c2cc3ccccc3c(N(c3ccccc3)c3cccc4c3oc3c([Si](C)(C)C)cccc34)c2-c2ccc3cc(N(c4ccccc4)c4cccc5c4oc4c(-c6ccc([Si](C)(C)C)cc6)cccc45)ccc3c21. The highest BCUT2D eigenvalue weighted by molar-refractivity contribution is 6.90. The standard InChI is InChI=1S/C71H60N2O2Si2/c1-71(2)60-44-46-21-15-16-26-53(46)66(73(49-24-13-10-14-25-49)62-33-19-30-57-58-31-20-34-63(77(6,7)8)70(58)75-69(57)62)64(60)59-41-37-47-43-50(38-42-52(47)65(59)71)72(48-22-11-9-12-23-48)61-32-18-29-56-55-28-17-27-54(67(55)74-68(56)61)45-35-39-51(40-36-45)76(3,4)5/h9-44H,1-8H3. The first kappa shape index (κ1) is 47.1. The molecule has 0 N–H and O–H groups in total. The summed E-state index contributed by atoms with van der Waals surface area (Å²) in [7, 11) is -3.21. The number of fused-ring (bicyclic) bond motifs is 12. The second-order valence-corrected chi connectivity index (χ2v) is 33.8. The lowest BCUT2D eigenvalue weighted by Gasteiger charge is -2.30. The summed E-state index contributed by atoms with van der Waals surface area (Å²) >= 11 is 0. The maximum atomic E-state index is 7.22. The minimum atomic E-state index is -1.76. The molecule has 1 aliphatic rings. The second kappa shape index (κ2) is 17.3. The van der Waals surface area contributed by atoms with Crippen LogP contribution in [-0.2, 0) is 5.41 Å². The molecule has 2 heterocycles. The molecule has 2 aromatic heterocycles. The summed E-state index contributed by atoms with van der Waals surface area (Å²) in [5, 5.41) is 12.1. The fourth-order valence-corrected chi connectivity index (χ4v) is 15.3. The van der Waals surface area contributed by atoms with Crippen LogP contribution in [0.4, 0.5) is 34.1 Å². The number of hydrogen-bond acceptors (Lipinski definition) is 4. The van der Waals surface area contributed by atoms with Crippen LogP contribution >= 0.6 is 0 Å². The van der Waals surface area contributed by atoms with Gasteiger partial charge in [-0.15, -0.1) is 0 Å². The summed E-state index contributed by atoms with van der Waals surface area (Å²) in [6.07, 6.45) is 0. The molecule has 6 heteroatoms. The van der Waals surface area contributed by atoms with Gasteiger partial charge < -0.3 is 18.6 Å². The highest BCUT2D eigenvalue weighted by Crippen LogP contribution is 2.59. The van der Waals surface area contributed by atoms with Gasteiger partial charge in [0.25, 0.3) is 0 Å². The number of furan rings is 2. The normalized spacial score (nSPS) is 13.3. The van der Waals surface area contributed by atoms with E-state index in [1.54, 1.807) is 0 Å². The first-order valence-electron chi connectivity index (χ1n) is 27.1. The van der Waals surface area contributed by atoms with Crippen LogP contribution in [0.3, 0.4) is 0 Å². The predicted molar refractivity (Wildman–Crippen MR) is 334 cm³/mol. The minimum absolute atomic E-state index is 0.351. The number of nitrogens with zero attached hydrogens (tertiary/aromatic N) is 2. The predicted octanol–water partition coefficient (Wildman–Crippen LogP) is 19.8. The van der Waals surface area contributed by atoms with E-state index in [4.69, 9.17) is 8.83 Å². The minimum Gasteiger partial charge on any atom is -0.454 e. The van der Waals surface area contributed by atoms with Crippen molar-refractivity contribution in [2.75, 3.05) is 9.80 Å². The van der Waals surface area contributed by atoms with Crippen molar-refractivity contribution in [2.45, 2.75) is 58.5 Å². The van der Waals surface area contributed by atoms with Crippen LogP contribution < -0.4 is 20.2 Å². The Labute approximate surface area is 452 Å². The van der Waals surface area contributed by atoms with Crippen LogP contribution in [0.25, 0.3) is 87.7 Å². The van der Waals surface area contributed by atoms with Gasteiger partial charge in [0.15, 0.2) is 11.2 Å². The number of hydrogen-bond donors (Lipinski definition) is 0. The molecular formula is C71H60N2O2Si2. The highest BCUT2D eigenvalue weighted by atomic mass is 28.3. The van der Waals surface area contributed by atoms with Crippen LogP contribution in [0.5, 0.6) is 0 Å². The third-order valence-electron chi connectivity index (χ3n) is 16.5. The van der Waals surface area contributed by atoms with E-state index in [1.165, 1.54) is 59.6 Å². The number of rotatable bonds is 9. The van der Waals surface area contributed by atoms with E-state index in [0.717, 1.165) is 83.7 Å². The second-order valence-electron chi connectivity index (χ2n) is 23.7. The maximum Gasteiger partial charge on any atom is 0.159 e. The fraction of sp³-hybridized carbons (Fsp3) is 0.127. The van der Waals surface area contributed by atoms with E-state index < -0.39 is 16.1 Å². The van der Waals surface area contributed by atoms with E-state index in [0.29, 0.717) is 0 Å². The molecule has 14 rings (SSSR count). The molecule has 0 atom stereocenters. The van der Waals surface area contributed by atoms with E-state index >= 15 is 0 Å². The molecule has 11 aromatic carbocycles. The Morgan fingerprint density at radius 1 is 0.377 bits per heavy atom. The van der Waals surface area contributed by atoms with Gasteiger partial charge in [-0.25, -0.2) is 0 Å². The molecule has 0 bridgehead atoms. The summed E-state index contributed by atoms with van der Waals surface area (Å²) in [6, 6.07) is 80.5. The van der Waals surface area contributed by atoms with Gasteiger partial charge in [0.1, 0.15) is 11.2 Å². The Kier molecular flexibility index (Phi) is 10.6. The van der Waals surface area contributed by atoms with Crippen molar-refractivity contribution in [3.63, 3.8) is 0 Å². The third kappa shape index (κ3) is 7.37. The first-order valence-corrected chi connectivity index (χ1v) is 34.1. The Hall–Kier alpha value is -8.43. The van der Waals surface area contributed by atoms with Crippen LogP contribution in [0.2, 0.25) is 39.3 Å². The van der Waals surface area contributed by atoms with Crippen molar-refractivity contribution >= 4 is 126 Å². The lowest BCUT2D eigenvalue weighted by molar-refractivity contribution is 0.667. The van der Waals surface area contributed by atoms with Gasteiger partial charge in [0.2, 0.25) is 0 Å². The molecule has 0 saturated heterocycles. The van der Waals surface area contributed by atoms with Crippen LogP contribution in [-0.4, -0.2) is 16.1 Å². The molecule has 77 heavy (non-hydrogen) atoms. The third-order valence-corrected chi connectivity index (χ3v) is 20.5. The molecule has 13 aromatic rings. The zero-order chi connectivity index (χ0) is 52.5. The highest BCUT2D eigenvalue weighted by Gasteiger charge is 2.41. The van der Waals surface area contributed by atoms with Crippen molar-refractivity contribution in [3.05, 3.63) is 230 Å². The summed E-state index contributed by atoms with van der Waals surface area (Å²) in [6.45, 7) is 19.2. The zero-order valence-electron chi connectivity index (χ0n) is 45.0. The van der Waals surface area contributed by atoms with Gasteiger partial charge in [-0.1, -0.05) is 222 Å². The van der Waals surface area contributed by atoms with Crippen molar-refractivity contribution < 1.29 is 8.83 Å². The van der Waals surface area contributed by atoms with E-state index in [-0.39, 0.29) is 5.41 Å². The Balaban J connectivity index is 0.960. The van der Waals surface area contributed by atoms with Crippen molar-refractivity contribution in [1.82, 2.24) is 0 Å². The Morgan fingerprint density at radius 2 is 0.922 bits per heavy atom. The van der Waals surface area contributed by atoms with Gasteiger partial charge in [0.05, 0.1) is 33.2 Å². The molecule has 0 fully saturated rings. The quantitative estimate of drug-likeness (QED) is 0.135. The molecular weight excluding hydrogens is 969 g/mol. The molecule has 1 aliphatic carbocycles. The molecule has 0 spiro atoms. The Bertz CT molecular complexity index is 4500. The lowest BCUT2D eigenvalue weighted by Crippen LogP contribution is -2.37. The zero-order valence-corrected chi connectivity index (χ0v) is 47.0. The van der Waals surface area contributed by atoms with E-state index in [9.17, 15) is 0 Å². The van der Waals surface area contributed by atoms with E-state index in [1.807, 2.05) is 0 Å². The van der Waals surface area contributed by atoms with Crippen LogP contribution in [0.1, 0.15) is 25.0 Å². The summed E-state index contributed by atoms with van der Waals surface area (Å²) < 4.78 is 14.4. The largest absolute Gasteiger partial charge is 0.454 e. The average molecular weight is 1030 g/mol. The van der Waals surface area contributed by atoms with Gasteiger partial charge in [-0.05, 0) is 98.2 Å². The maximum absolute atomic E-state index is 7.22. The monoisotopic (exact) mass is 1030 g/mol. The lowest BCUT2D eigenvalue weighted by atomic mass is 9.79. The van der Waals surface area contributed by atoms with E-state index in [2.05, 4.69) is 281 Å². The van der Waals surface area contributed by atoms with Crippen LogP contribution in [0.15, 0.2) is 227 Å². The fourth-order valence-electron chi connectivity index (χ4n) is 12.7. The van der Waals surface area contributed by atoms with Crippen molar-refractivity contribution in [3.8, 4) is 22.3 Å².